The fourth-order valence-corrected chi connectivity index (χ4v) is 3.03. The van der Waals surface area contributed by atoms with Crippen LogP contribution in [0.25, 0.3) is 0 Å². The maximum Gasteiger partial charge on any atom is 0.282 e. The molecule has 0 spiro atoms. The molecule has 5 nitrogen and oxygen atoms in total. The number of quaternary nitrogens is 1. The van der Waals surface area contributed by atoms with Gasteiger partial charge in [-0.1, -0.05) is 17.7 Å². The number of hydrogen-bond donors (Lipinski definition) is 2. The van der Waals surface area contributed by atoms with E-state index in [4.69, 9.17) is 21.1 Å². The van der Waals surface area contributed by atoms with E-state index in [1.807, 2.05) is 52.1 Å². The van der Waals surface area contributed by atoms with Crippen molar-refractivity contribution in [3.05, 3.63) is 52.0 Å². The Hall–Kier alpha value is -2.24. The number of anilines is 1. The molecular formula is C21H28ClN2O3+. The number of aryl methyl sites for hydroxylation is 2. The Balaban J connectivity index is 2.12. The van der Waals surface area contributed by atoms with Crippen LogP contribution in [0.2, 0.25) is 5.02 Å². The average Bonchev–Trinajstić information content (AvgIpc) is 2.65. The van der Waals surface area contributed by atoms with Crippen LogP contribution >= 0.6 is 11.6 Å². The molecule has 2 N–H and O–H groups in total. The van der Waals surface area contributed by atoms with Gasteiger partial charge in [0.15, 0.2) is 17.5 Å². The number of benzene rings is 2. The minimum absolute atomic E-state index is 0.0454. The maximum atomic E-state index is 12.7. The van der Waals surface area contributed by atoms with Gasteiger partial charge in [-0.3, -0.25) is 4.79 Å². The lowest BCUT2D eigenvalue weighted by atomic mass is 10.1. The van der Waals surface area contributed by atoms with E-state index in [0.29, 0.717) is 23.1 Å². The molecule has 0 bridgehead atoms. The summed E-state index contributed by atoms with van der Waals surface area (Å²) in [5.74, 6) is 1.35. The Morgan fingerprint density at radius 1 is 1.11 bits per heavy atom. The summed E-state index contributed by atoms with van der Waals surface area (Å²) in [6.45, 7) is 6.58. The van der Waals surface area contributed by atoms with Gasteiger partial charge >= 0.3 is 0 Å². The highest BCUT2D eigenvalue weighted by Gasteiger charge is 2.23. The van der Waals surface area contributed by atoms with E-state index in [1.165, 1.54) is 0 Å². The van der Waals surface area contributed by atoms with Crippen LogP contribution in [0.15, 0.2) is 30.3 Å². The topological polar surface area (TPSA) is 52.0 Å². The molecule has 146 valence electrons. The third kappa shape index (κ3) is 5.15. The normalized spacial score (nSPS) is 13.0. The molecule has 0 fully saturated rings. The molecule has 0 aliphatic carbocycles. The standard InChI is InChI=1S/C21H27ClN2O3/c1-13-7-8-17(22)11-18(13)23-21(25)15(3)24(4)12-16-10-20(27-6)19(26-5)9-14(16)2/h7-11,15H,12H2,1-6H3,(H,23,25)/p+1/t15-/m0/s1. The van der Waals surface area contributed by atoms with Crippen LogP contribution in [0.3, 0.4) is 0 Å². The van der Waals surface area contributed by atoms with Crippen LogP contribution in [-0.4, -0.2) is 33.2 Å². The zero-order chi connectivity index (χ0) is 20.1. The molecule has 0 aliphatic rings. The van der Waals surface area contributed by atoms with Gasteiger partial charge < -0.3 is 19.7 Å². The Morgan fingerprint density at radius 3 is 2.37 bits per heavy atom. The molecule has 2 atom stereocenters. The lowest BCUT2D eigenvalue weighted by molar-refractivity contribution is -0.907. The van der Waals surface area contributed by atoms with Crippen molar-refractivity contribution in [2.45, 2.75) is 33.4 Å². The fourth-order valence-electron chi connectivity index (χ4n) is 2.86. The summed E-state index contributed by atoms with van der Waals surface area (Å²) in [7, 11) is 5.25. The largest absolute Gasteiger partial charge is 0.493 e. The van der Waals surface area contributed by atoms with Gasteiger partial charge in [0, 0.05) is 16.3 Å². The average molecular weight is 392 g/mol. The summed E-state index contributed by atoms with van der Waals surface area (Å²) in [5.41, 5.74) is 3.94. The van der Waals surface area contributed by atoms with Crippen molar-refractivity contribution in [2.75, 3.05) is 26.6 Å². The zero-order valence-electron chi connectivity index (χ0n) is 16.8. The van der Waals surface area contributed by atoms with Gasteiger partial charge in [-0.25, -0.2) is 0 Å². The van der Waals surface area contributed by atoms with Gasteiger partial charge in [0.2, 0.25) is 0 Å². The smallest absolute Gasteiger partial charge is 0.282 e. The Kier molecular flexibility index (Phi) is 7.11. The van der Waals surface area contributed by atoms with E-state index in [9.17, 15) is 4.79 Å². The first-order valence-electron chi connectivity index (χ1n) is 8.87. The number of nitrogens with one attached hydrogen (secondary N) is 2. The van der Waals surface area contributed by atoms with Gasteiger partial charge in [-0.2, -0.15) is 0 Å². The molecular weight excluding hydrogens is 364 g/mol. The second-order valence-electron chi connectivity index (χ2n) is 6.83. The molecule has 0 radical (unpaired) electrons. The molecule has 1 unspecified atom stereocenters. The van der Waals surface area contributed by atoms with Crippen molar-refractivity contribution < 1.29 is 19.2 Å². The second kappa shape index (κ2) is 9.11. The predicted octanol–water partition coefficient (Wildman–Crippen LogP) is 3.02. The molecule has 0 aliphatic heterocycles. The summed E-state index contributed by atoms with van der Waals surface area (Å²) in [6, 6.07) is 9.18. The van der Waals surface area contributed by atoms with E-state index in [1.54, 1.807) is 20.3 Å². The molecule has 6 heteroatoms. The first-order valence-corrected chi connectivity index (χ1v) is 9.25. The van der Waals surface area contributed by atoms with Crippen LogP contribution in [0.4, 0.5) is 5.69 Å². The van der Waals surface area contributed by atoms with E-state index in [-0.39, 0.29) is 11.9 Å². The molecule has 0 aromatic heterocycles. The van der Waals surface area contributed by atoms with E-state index in [0.717, 1.165) is 27.3 Å². The lowest BCUT2D eigenvalue weighted by Gasteiger charge is -2.23. The number of carbonyl (C=O) groups excluding carboxylic acids is 1. The van der Waals surface area contributed by atoms with Gasteiger partial charge in [0.25, 0.3) is 5.91 Å². The number of methoxy groups -OCH3 is 2. The Bertz CT molecular complexity index is 823. The van der Waals surface area contributed by atoms with Crippen molar-refractivity contribution in [1.29, 1.82) is 0 Å². The Morgan fingerprint density at radius 2 is 1.74 bits per heavy atom. The fraction of sp³-hybridized carbons (Fsp3) is 0.381. The van der Waals surface area contributed by atoms with E-state index in [2.05, 4.69) is 5.32 Å². The molecule has 27 heavy (non-hydrogen) atoms. The molecule has 2 aromatic rings. The van der Waals surface area contributed by atoms with Crippen molar-refractivity contribution in [3.8, 4) is 11.5 Å². The van der Waals surface area contributed by atoms with Crippen molar-refractivity contribution in [2.24, 2.45) is 0 Å². The van der Waals surface area contributed by atoms with Crippen LogP contribution < -0.4 is 19.7 Å². The summed E-state index contributed by atoms with van der Waals surface area (Å²) in [6.07, 6.45) is 0. The zero-order valence-corrected chi connectivity index (χ0v) is 17.5. The van der Waals surface area contributed by atoms with Crippen molar-refractivity contribution in [3.63, 3.8) is 0 Å². The minimum atomic E-state index is -0.240. The van der Waals surface area contributed by atoms with Crippen LogP contribution in [0.1, 0.15) is 23.6 Å². The van der Waals surface area contributed by atoms with Gasteiger partial charge in [-0.05, 0) is 56.2 Å². The van der Waals surface area contributed by atoms with Crippen LogP contribution in [-0.2, 0) is 11.3 Å². The van der Waals surface area contributed by atoms with Gasteiger partial charge in [0.05, 0.1) is 21.3 Å². The minimum Gasteiger partial charge on any atom is -0.493 e. The third-order valence-electron chi connectivity index (χ3n) is 4.90. The number of carbonyl (C=O) groups is 1. The molecule has 2 rings (SSSR count). The number of ether oxygens (including phenoxy) is 2. The molecule has 0 heterocycles. The molecule has 0 saturated heterocycles. The number of rotatable bonds is 7. The summed E-state index contributed by atoms with van der Waals surface area (Å²) in [4.78, 5) is 13.8. The van der Waals surface area contributed by atoms with Crippen molar-refractivity contribution >= 4 is 23.2 Å². The Labute approximate surface area is 166 Å². The highest BCUT2D eigenvalue weighted by Crippen LogP contribution is 2.30. The molecule has 2 aromatic carbocycles. The number of halogens is 1. The van der Waals surface area contributed by atoms with E-state index < -0.39 is 0 Å². The quantitative estimate of drug-likeness (QED) is 0.762. The number of hydrogen-bond acceptors (Lipinski definition) is 3. The number of amides is 1. The highest BCUT2D eigenvalue weighted by atomic mass is 35.5. The van der Waals surface area contributed by atoms with Gasteiger partial charge in [0.1, 0.15) is 6.54 Å². The monoisotopic (exact) mass is 391 g/mol. The number of likely N-dealkylation sites (N-methyl/N-ethyl adjacent to an activating group) is 1. The first kappa shape index (κ1) is 21.1. The summed E-state index contributed by atoms with van der Waals surface area (Å²) >= 11 is 6.04. The maximum absolute atomic E-state index is 12.7. The van der Waals surface area contributed by atoms with Crippen molar-refractivity contribution in [1.82, 2.24) is 0 Å². The molecule has 0 saturated carbocycles. The van der Waals surface area contributed by atoms with Gasteiger partial charge in [-0.15, -0.1) is 0 Å². The van der Waals surface area contributed by atoms with Crippen LogP contribution in [0, 0.1) is 13.8 Å². The molecule has 1 amide bonds. The first-order chi connectivity index (χ1) is 12.8. The second-order valence-corrected chi connectivity index (χ2v) is 7.26. The predicted molar refractivity (Wildman–Crippen MR) is 109 cm³/mol. The summed E-state index contributed by atoms with van der Waals surface area (Å²) < 4.78 is 10.7. The summed E-state index contributed by atoms with van der Waals surface area (Å²) in [5, 5.41) is 3.59. The van der Waals surface area contributed by atoms with Crippen LogP contribution in [0.5, 0.6) is 11.5 Å². The third-order valence-corrected chi connectivity index (χ3v) is 5.14. The highest BCUT2D eigenvalue weighted by molar-refractivity contribution is 6.31. The van der Waals surface area contributed by atoms with E-state index >= 15 is 0 Å². The lowest BCUT2D eigenvalue weighted by Crippen LogP contribution is -3.12. The SMILES string of the molecule is COc1cc(C)c(C[NH+](C)[C@@H](C)C(=O)Nc2cc(Cl)ccc2C)cc1OC.